The molecule has 0 radical (unpaired) electrons. The maximum Gasteiger partial charge on any atom is 0.298 e. The van der Waals surface area contributed by atoms with Crippen molar-refractivity contribution in [3.8, 4) is 11.5 Å². The molecule has 3 nitrogen and oxygen atoms in total. The third kappa shape index (κ3) is 2.23. The lowest BCUT2D eigenvalue weighted by atomic mass is 10.3. The smallest absolute Gasteiger partial charge is 0.298 e. The van der Waals surface area contributed by atoms with Gasteiger partial charge in [-0.1, -0.05) is 15.9 Å². The summed E-state index contributed by atoms with van der Waals surface area (Å²) in [5.74, 6) is 1.09. The average molecular weight is 231 g/mol. The molecule has 0 heterocycles. The molecule has 4 heteroatoms. The number of methoxy groups -OCH3 is 1. The molecule has 0 fully saturated rings. The van der Waals surface area contributed by atoms with Crippen LogP contribution in [0.1, 0.15) is 0 Å². The van der Waals surface area contributed by atoms with Crippen LogP contribution in [0.25, 0.3) is 0 Å². The van der Waals surface area contributed by atoms with Crippen molar-refractivity contribution in [2.24, 2.45) is 0 Å². The molecule has 0 spiro atoms. The first-order valence-corrected chi connectivity index (χ1v) is 4.00. The molecule has 1 rings (SSSR count). The third-order valence-electron chi connectivity index (χ3n) is 1.26. The summed E-state index contributed by atoms with van der Waals surface area (Å²) in [6, 6.07) is 5.08. The van der Waals surface area contributed by atoms with E-state index in [0.717, 1.165) is 4.47 Å². The van der Waals surface area contributed by atoms with Crippen LogP contribution in [0.3, 0.4) is 0 Å². The molecule has 0 aliphatic heterocycles. The monoisotopic (exact) mass is 230 g/mol. The van der Waals surface area contributed by atoms with Crippen LogP contribution in [0.2, 0.25) is 0 Å². The molecule has 64 valence electrons. The number of ether oxygens (including phenoxy) is 2. The zero-order valence-electron chi connectivity index (χ0n) is 6.41. The first-order chi connectivity index (χ1) is 5.76. The first kappa shape index (κ1) is 9.06. The van der Waals surface area contributed by atoms with E-state index in [4.69, 9.17) is 4.74 Å². The summed E-state index contributed by atoms with van der Waals surface area (Å²) in [6.07, 6.45) is 0. The Morgan fingerprint density at radius 1 is 1.33 bits per heavy atom. The largest absolute Gasteiger partial charge is 0.497 e. The molecular formula is C8H7BrO3. The summed E-state index contributed by atoms with van der Waals surface area (Å²) in [5.41, 5.74) is 0. The highest BCUT2D eigenvalue weighted by Gasteiger charge is 1.99. The Kier molecular flexibility index (Phi) is 3.10. The van der Waals surface area contributed by atoms with Crippen molar-refractivity contribution in [1.82, 2.24) is 0 Å². The van der Waals surface area contributed by atoms with Crippen molar-refractivity contribution in [1.29, 1.82) is 0 Å². The van der Waals surface area contributed by atoms with E-state index in [9.17, 15) is 4.79 Å². The molecule has 0 saturated carbocycles. The predicted octanol–water partition coefficient (Wildman–Crippen LogP) is 1.99. The van der Waals surface area contributed by atoms with Crippen molar-refractivity contribution in [3.05, 3.63) is 22.7 Å². The fourth-order valence-electron chi connectivity index (χ4n) is 0.778. The number of rotatable bonds is 3. The number of carbonyl (C=O) groups excluding carboxylic acids is 1. The quantitative estimate of drug-likeness (QED) is 0.746. The van der Waals surface area contributed by atoms with Gasteiger partial charge in [-0.15, -0.1) is 0 Å². The maximum absolute atomic E-state index is 10.0. The standard InChI is InChI=1S/C8H7BrO3/c1-11-7-2-6(9)3-8(4-7)12-5-10/h2-5H,1H3. The van der Waals surface area contributed by atoms with E-state index in [2.05, 4.69) is 20.7 Å². The molecule has 0 saturated heterocycles. The number of halogens is 1. The van der Waals surface area contributed by atoms with Crippen molar-refractivity contribution >= 4 is 22.4 Å². The SMILES string of the molecule is COc1cc(Br)cc(OC=O)c1. The van der Waals surface area contributed by atoms with Crippen LogP contribution in [0.4, 0.5) is 0 Å². The van der Waals surface area contributed by atoms with Crippen molar-refractivity contribution in [2.75, 3.05) is 7.11 Å². The minimum atomic E-state index is 0.376. The highest BCUT2D eigenvalue weighted by Crippen LogP contribution is 2.25. The van der Waals surface area contributed by atoms with E-state index in [-0.39, 0.29) is 0 Å². The van der Waals surface area contributed by atoms with Gasteiger partial charge in [0.15, 0.2) is 0 Å². The van der Waals surface area contributed by atoms with Crippen LogP contribution >= 0.6 is 15.9 Å². The van der Waals surface area contributed by atoms with Gasteiger partial charge in [0.2, 0.25) is 0 Å². The van der Waals surface area contributed by atoms with Gasteiger partial charge < -0.3 is 9.47 Å². The number of hydrogen-bond acceptors (Lipinski definition) is 3. The molecule has 0 atom stereocenters. The minimum absolute atomic E-state index is 0.376. The summed E-state index contributed by atoms with van der Waals surface area (Å²) >= 11 is 3.25. The summed E-state index contributed by atoms with van der Waals surface area (Å²) in [5, 5.41) is 0. The van der Waals surface area contributed by atoms with Gasteiger partial charge in [0.1, 0.15) is 11.5 Å². The van der Waals surface area contributed by atoms with E-state index < -0.39 is 0 Å². The van der Waals surface area contributed by atoms with Crippen LogP contribution in [0.5, 0.6) is 11.5 Å². The summed E-state index contributed by atoms with van der Waals surface area (Å²) in [6.45, 7) is 0.376. The second-order valence-corrected chi connectivity index (χ2v) is 2.96. The molecule has 0 aliphatic carbocycles. The van der Waals surface area contributed by atoms with Crippen molar-refractivity contribution < 1.29 is 14.3 Å². The minimum Gasteiger partial charge on any atom is -0.497 e. The van der Waals surface area contributed by atoms with Crippen LogP contribution < -0.4 is 9.47 Å². The third-order valence-corrected chi connectivity index (χ3v) is 1.72. The fraction of sp³-hybridized carbons (Fsp3) is 0.125. The van der Waals surface area contributed by atoms with Crippen LogP contribution in [0, 0.1) is 0 Å². The second kappa shape index (κ2) is 4.11. The second-order valence-electron chi connectivity index (χ2n) is 2.04. The normalized spacial score (nSPS) is 9.17. The van der Waals surface area contributed by atoms with E-state index in [1.807, 2.05) is 0 Å². The number of hydrogen-bond donors (Lipinski definition) is 0. The molecule has 0 aliphatic rings. The van der Waals surface area contributed by atoms with E-state index in [1.165, 1.54) is 0 Å². The molecule has 1 aromatic rings. The zero-order valence-corrected chi connectivity index (χ0v) is 8.00. The summed E-state index contributed by atoms with van der Waals surface area (Å²) in [7, 11) is 1.55. The van der Waals surface area contributed by atoms with Crippen molar-refractivity contribution in [3.63, 3.8) is 0 Å². The molecule has 1 aromatic carbocycles. The van der Waals surface area contributed by atoms with E-state index in [1.54, 1.807) is 25.3 Å². The van der Waals surface area contributed by atoms with Gasteiger partial charge >= 0.3 is 0 Å². The molecule has 12 heavy (non-hydrogen) atoms. The van der Waals surface area contributed by atoms with E-state index >= 15 is 0 Å². The lowest BCUT2D eigenvalue weighted by molar-refractivity contribution is -0.120. The highest BCUT2D eigenvalue weighted by molar-refractivity contribution is 9.10. The molecular weight excluding hydrogens is 224 g/mol. The highest BCUT2D eigenvalue weighted by atomic mass is 79.9. The Morgan fingerprint density at radius 3 is 2.58 bits per heavy atom. The summed E-state index contributed by atoms with van der Waals surface area (Å²) in [4.78, 5) is 10.0. The molecule has 0 unspecified atom stereocenters. The lowest BCUT2D eigenvalue weighted by Gasteiger charge is -2.02. The topological polar surface area (TPSA) is 35.5 Å². The van der Waals surface area contributed by atoms with Crippen LogP contribution in [-0.4, -0.2) is 13.6 Å². The van der Waals surface area contributed by atoms with Gasteiger partial charge in [-0.05, 0) is 12.1 Å². The molecule has 0 bridgehead atoms. The first-order valence-electron chi connectivity index (χ1n) is 3.21. The Labute approximate surface area is 78.4 Å². The Balaban J connectivity index is 2.97. The van der Waals surface area contributed by atoms with Gasteiger partial charge in [0.25, 0.3) is 6.47 Å². The predicted molar refractivity (Wildman–Crippen MR) is 47.4 cm³/mol. The van der Waals surface area contributed by atoms with Crippen molar-refractivity contribution in [2.45, 2.75) is 0 Å². The Bertz CT molecular complexity index is 286. The molecule has 0 amide bonds. The van der Waals surface area contributed by atoms with Gasteiger partial charge in [0.05, 0.1) is 7.11 Å². The summed E-state index contributed by atoms with van der Waals surface area (Å²) < 4.78 is 10.4. The average Bonchev–Trinajstić information content (AvgIpc) is 2.04. The fourth-order valence-corrected chi connectivity index (χ4v) is 1.23. The zero-order chi connectivity index (χ0) is 8.97. The number of benzene rings is 1. The van der Waals surface area contributed by atoms with Gasteiger partial charge in [-0.3, -0.25) is 4.79 Å². The number of carbonyl (C=O) groups is 1. The lowest BCUT2D eigenvalue weighted by Crippen LogP contribution is -1.90. The van der Waals surface area contributed by atoms with Gasteiger partial charge in [0, 0.05) is 10.5 Å². The van der Waals surface area contributed by atoms with Gasteiger partial charge in [-0.2, -0.15) is 0 Å². The van der Waals surface area contributed by atoms with Crippen LogP contribution in [0.15, 0.2) is 22.7 Å². The molecule has 0 N–H and O–H groups in total. The van der Waals surface area contributed by atoms with Crippen LogP contribution in [-0.2, 0) is 4.79 Å². The Hall–Kier alpha value is -1.03. The molecule has 0 aromatic heterocycles. The Morgan fingerprint density at radius 2 is 2.00 bits per heavy atom. The van der Waals surface area contributed by atoms with Gasteiger partial charge in [-0.25, -0.2) is 0 Å². The van der Waals surface area contributed by atoms with E-state index in [0.29, 0.717) is 18.0 Å². The maximum atomic E-state index is 10.0.